The van der Waals surface area contributed by atoms with E-state index in [-0.39, 0.29) is 0 Å². The number of nitrogens with one attached hydrogen (secondary N) is 1. The molecule has 0 aliphatic carbocycles. The van der Waals surface area contributed by atoms with E-state index < -0.39 is 48.4 Å². The van der Waals surface area contributed by atoms with Crippen LogP contribution in [0.1, 0.15) is 13.2 Å². The molecule has 0 saturated carbocycles. The van der Waals surface area contributed by atoms with Gasteiger partial charge in [0.2, 0.25) is 0 Å². The van der Waals surface area contributed by atoms with Crippen molar-refractivity contribution in [3.63, 3.8) is 0 Å². The van der Waals surface area contributed by atoms with Crippen LogP contribution in [0.2, 0.25) is 0 Å². The van der Waals surface area contributed by atoms with Gasteiger partial charge in [0.05, 0.1) is 6.61 Å². The van der Waals surface area contributed by atoms with Gasteiger partial charge in [-0.1, -0.05) is 0 Å². The Morgan fingerprint density at radius 3 is 2.71 bits per heavy atom. The summed E-state index contributed by atoms with van der Waals surface area (Å²) in [5, 5.41) is 9.32. The lowest BCUT2D eigenvalue weighted by Crippen LogP contribution is -2.40. The molecule has 0 aromatic carbocycles. The van der Waals surface area contributed by atoms with Crippen LogP contribution in [0.25, 0.3) is 0 Å². The Balaban J connectivity index is 2.37. The van der Waals surface area contributed by atoms with E-state index in [0.29, 0.717) is 0 Å². The smallest absolute Gasteiger partial charge is 0.330 e. The molecule has 0 bridgehead atoms. The van der Waals surface area contributed by atoms with Crippen LogP contribution in [0.3, 0.4) is 0 Å². The molecule has 116 valence electrons. The average molecular weight is 300 g/mol. The molecule has 0 radical (unpaired) electrons. The number of aromatic amines is 1. The number of aromatic nitrogens is 2. The van der Waals surface area contributed by atoms with E-state index in [1.165, 1.54) is 20.2 Å². The highest BCUT2D eigenvalue weighted by Gasteiger charge is 2.48. The fourth-order valence-electron chi connectivity index (χ4n) is 2.29. The van der Waals surface area contributed by atoms with Crippen molar-refractivity contribution in [3.05, 3.63) is 33.1 Å². The second kappa shape index (κ2) is 6.20. The molecule has 4 atom stereocenters. The Bertz CT molecular complexity index is 623. The van der Waals surface area contributed by atoms with Crippen molar-refractivity contribution in [3.8, 4) is 0 Å². The van der Waals surface area contributed by atoms with E-state index in [1.54, 1.807) is 0 Å². The first-order valence-corrected chi connectivity index (χ1v) is 6.25. The summed E-state index contributed by atoms with van der Waals surface area (Å²) in [5.41, 5.74) is -1.23. The van der Waals surface area contributed by atoms with Gasteiger partial charge in [0.25, 0.3) is 5.56 Å². The molecule has 2 heterocycles. The van der Waals surface area contributed by atoms with Crippen LogP contribution in [-0.2, 0) is 19.0 Å². The molecule has 0 spiro atoms. The Labute approximate surface area is 119 Å². The molecule has 21 heavy (non-hydrogen) atoms. The molecule has 1 aliphatic rings. The largest absolute Gasteiger partial charge is 0.457 e. The van der Waals surface area contributed by atoms with Gasteiger partial charge in [-0.25, -0.2) is 4.79 Å². The van der Waals surface area contributed by atoms with Gasteiger partial charge in [0, 0.05) is 26.3 Å². The summed E-state index contributed by atoms with van der Waals surface area (Å²) in [5.74, 6) is -0.557. The zero-order valence-corrected chi connectivity index (χ0v) is 11.5. The first kappa shape index (κ1) is 15.4. The molecule has 2 rings (SSSR count). The zero-order chi connectivity index (χ0) is 15.6. The Kier molecular flexibility index (Phi) is 4.56. The highest BCUT2D eigenvalue weighted by Crippen LogP contribution is 2.32. The lowest BCUT2D eigenvalue weighted by atomic mass is 10.1. The quantitative estimate of drug-likeness (QED) is 0.641. The number of H-pyrrole nitrogens is 1. The van der Waals surface area contributed by atoms with Crippen molar-refractivity contribution in [2.45, 2.75) is 31.5 Å². The number of methoxy groups -OCH3 is 1. The number of aliphatic hydroxyl groups excluding tert-OH is 1. The maximum atomic E-state index is 11.8. The van der Waals surface area contributed by atoms with E-state index in [1.807, 2.05) is 0 Å². The van der Waals surface area contributed by atoms with Gasteiger partial charge in [-0.15, -0.1) is 0 Å². The van der Waals surface area contributed by atoms with Gasteiger partial charge >= 0.3 is 11.7 Å². The standard InChI is InChI=1S/C12H16N2O7/c1-6(16)20-9-7(5-15)21-11(10(9)19-2)14-4-3-8(17)13-12(14)18/h3-4,7,9-11,15H,5H2,1-2H3,(H,13,17,18)/t7-,9-,10-,11-/m1/s1. The number of nitrogens with zero attached hydrogens (tertiary/aromatic N) is 1. The predicted octanol–water partition coefficient (Wildman–Crippen LogP) is -1.63. The number of hydrogen-bond acceptors (Lipinski definition) is 7. The summed E-state index contributed by atoms with van der Waals surface area (Å²) in [6, 6.07) is 1.16. The molecule has 1 fully saturated rings. The molecule has 1 saturated heterocycles. The number of carbonyl (C=O) groups is 1. The number of hydrogen-bond donors (Lipinski definition) is 2. The summed E-state index contributed by atoms with van der Waals surface area (Å²) >= 11 is 0. The first-order chi connectivity index (χ1) is 9.97. The fourth-order valence-corrected chi connectivity index (χ4v) is 2.29. The van der Waals surface area contributed by atoms with E-state index in [2.05, 4.69) is 4.98 Å². The van der Waals surface area contributed by atoms with Crippen LogP contribution in [0.15, 0.2) is 21.9 Å². The van der Waals surface area contributed by atoms with Gasteiger partial charge < -0.3 is 19.3 Å². The lowest BCUT2D eigenvalue weighted by molar-refractivity contribution is -0.154. The lowest BCUT2D eigenvalue weighted by Gasteiger charge is -2.22. The molecule has 2 N–H and O–H groups in total. The van der Waals surface area contributed by atoms with Gasteiger partial charge in [-0.3, -0.25) is 19.1 Å². The van der Waals surface area contributed by atoms with E-state index in [9.17, 15) is 19.5 Å². The van der Waals surface area contributed by atoms with Crippen LogP contribution in [0, 0.1) is 0 Å². The van der Waals surface area contributed by atoms with Gasteiger partial charge in [-0.2, -0.15) is 0 Å². The van der Waals surface area contributed by atoms with Crippen molar-refractivity contribution in [1.82, 2.24) is 9.55 Å². The highest BCUT2D eigenvalue weighted by atomic mass is 16.6. The van der Waals surface area contributed by atoms with E-state index in [4.69, 9.17) is 14.2 Å². The Morgan fingerprint density at radius 1 is 1.48 bits per heavy atom. The average Bonchev–Trinajstić information content (AvgIpc) is 2.75. The second-order valence-electron chi connectivity index (χ2n) is 4.54. The molecule has 1 aromatic heterocycles. The Hall–Kier alpha value is -1.97. The third kappa shape index (κ3) is 3.04. The second-order valence-corrected chi connectivity index (χ2v) is 4.54. The van der Waals surface area contributed by atoms with Gasteiger partial charge in [0.15, 0.2) is 12.3 Å². The minimum atomic E-state index is -0.930. The zero-order valence-electron chi connectivity index (χ0n) is 11.5. The topological polar surface area (TPSA) is 120 Å². The van der Waals surface area contributed by atoms with Crippen molar-refractivity contribution in [1.29, 1.82) is 0 Å². The monoisotopic (exact) mass is 300 g/mol. The molecule has 9 heteroatoms. The molecular formula is C12H16N2O7. The molecule has 0 amide bonds. The van der Waals surface area contributed by atoms with E-state index >= 15 is 0 Å². The first-order valence-electron chi connectivity index (χ1n) is 6.25. The van der Waals surface area contributed by atoms with Crippen LogP contribution in [-0.4, -0.2) is 52.7 Å². The molecule has 1 aliphatic heterocycles. The van der Waals surface area contributed by atoms with Crippen LogP contribution >= 0.6 is 0 Å². The SMILES string of the molecule is CO[C@@H]1[C@H](OC(C)=O)[C@@H](CO)O[C@H]1n1ccc(=O)[nH]c1=O. The summed E-state index contributed by atoms with van der Waals surface area (Å²) in [6.45, 7) is 0.813. The summed E-state index contributed by atoms with van der Waals surface area (Å²) in [4.78, 5) is 36.1. The predicted molar refractivity (Wildman–Crippen MR) is 68.7 cm³/mol. The van der Waals surface area contributed by atoms with E-state index in [0.717, 1.165) is 10.6 Å². The fraction of sp³-hybridized carbons (Fsp3) is 0.583. The summed E-state index contributed by atoms with van der Waals surface area (Å²) in [6.07, 6.45) is -2.16. The van der Waals surface area contributed by atoms with Gasteiger partial charge in [-0.05, 0) is 0 Å². The third-order valence-corrected chi connectivity index (χ3v) is 3.16. The van der Waals surface area contributed by atoms with Gasteiger partial charge in [0.1, 0.15) is 12.2 Å². The van der Waals surface area contributed by atoms with Crippen LogP contribution < -0.4 is 11.2 Å². The van der Waals surface area contributed by atoms with Crippen LogP contribution in [0.5, 0.6) is 0 Å². The minimum Gasteiger partial charge on any atom is -0.457 e. The Morgan fingerprint density at radius 2 is 2.19 bits per heavy atom. The highest BCUT2D eigenvalue weighted by molar-refractivity contribution is 5.66. The summed E-state index contributed by atoms with van der Waals surface area (Å²) < 4.78 is 17.0. The number of esters is 1. The van der Waals surface area contributed by atoms with Crippen molar-refractivity contribution in [2.24, 2.45) is 0 Å². The molecule has 1 aromatic rings. The molecule has 0 unspecified atom stereocenters. The number of aliphatic hydroxyl groups is 1. The molecular weight excluding hydrogens is 284 g/mol. The maximum Gasteiger partial charge on any atom is 0.330 e. The minimum absolute atomic E-state index is 0.410. The number of carbonyl (C=O) groups excluding carboxylic acids is 1. The van der Waals surface area contributed by atoms with Crippen LogP contribution in [0.4, 0.5) is 0 Å². The third-order valence-electron chi connectivity index (χ3n) is 3.16. The van der Waals surface area contributed by atoms with Crippen molar-refractivity contribution in [2.75, 3.05) is 13.7 Å². The number of ether oxygens (including phenoxy) is 3. The maximum absolute atomic E-state index is 11.8. The van der Waals surface area contributed by atoms with Crippen molar-refractivity contribution >= 4 is 5.97 Å². The van der Waals surface area contributed by atoms with Crippen molar-refractivity contribution < 1.29 is 24.1 Å². The summed E-state index contributed by atoms with van der Waals surface area (Å²) in [7, 11) is 1.37. The normalized spacial score (nSPS) is 28.5. The number of rotatable bonds is 4. The molecule has 9 nitrogen and oxygen atoms in total.